The summed E-state index contributed by atoms with van der Waals surface area (Å²) in [6.07, 6.45) is 0. The van der Waals surface area contributed by atoms with Crippen molar-refractivity contribution in [3.8, 4) is 0 Å². The second kappa shape index (κ2) is 5.25. The number of carbonyl (C=O) groups excluding carboxylic acids is 1. The van der Waals surface area contributed by atoms with Crippen LogP contribution in [0.1, 0.15) is 13.8 Å². The van der Waals surface area contributed by atoms with Gasteiger partial charge in [-0.1, -0.05) is 0 Å². The Balaban J connectivity index is 3.71. The monoisotopic (exact) mass is 193 g/mol. The first-order valence-electron chi connectivity index (χ1n) is 3.66. The van der Waals surface area contributed by atoms with E-state index >= 15 is 0 Å². The van der Waals surface area contributed by atoms with Crippen molar-refractivity contribution in [3.05, 3.63) is 0 Å². The highest BCUT2D eigenvalue weighted by molar-refractivity contribution is 6.30. The zero-order chi connectivity index (χ0) is 9.72. The molecule has 0 bridgehead atoms. The molecule has 1 atom stereocenters. The highest BCUT2D eigenvalue weighted by Crippen LogP contribution is 1.95. The van der Waals surface area contributed by atoms with Crippen LogP contribution in [-0.4, -0.2) is 50.0 Å². The van der Waals surface area contributed by atoms with E-state index in [1.165, 1.54) is 11.8 Å². The third-order valence-corrected chi connectivity index (χ3v) is 3.17. The van der Waals surface area contributed by atoms with Gasteiger partial charge < -0.3 is 19.5 Å². The van der Waals surface area contributed by atoms with Crippen LogP contribution >= 0.6 is 0 Å². The number of aliphatic hydroxyl groups excluding tert-OH is 1. The maximum Gasteiger partial charge on any atom is 0.256 e. The standard InChI is InChI=1S/C6H15NO4Si/c1-4(8)7(3)5(2)12-11-6(9)10/h5-6,9-10H,12H2,1-3H3. The zero-order valence-electron chi connectivity index (χ0n) is 7.52. The van der Waals surface area contributed by atoms with Crippen LogP contribution in [0.15, 0.2) is 0 Å². The molecule has 0 aliphatic heterocycles. The third-order valence-electron chi connectivity index (χ3n) is 1.64. The SMILES string of the molecule is CC(=O)N(C)C(C)[SiH2]OC(O)O. The van der Waals surface area contributed by atoms with Crippen molar-refractivity contribution < 1.29 is 19.4 Å². The number of carbonyl (C=O) groups is 1. The lowest BCUT2D eigenvalue weighted by atomic mass is 10.5. The van der Waals surface area contributed by atoms with Crippen LogP contribution in [0.25, 0.3) is 0 Å². The summed E-state index contributed by atoms with van der Waals surface area (Å²) >= 11 is 0. The van der Waals surface area contributed by atoms with Crippen LogP contribution in [0.5, 0.6) is 0 Å². The lowest BCUT2D eigenvalue weighted by Crippen LogP contribution is -2.39. The topological polar surface area (TPSA) is 70.0 Å². The molecule has 1 unspecified atom stereocenters. The van der Waals surface area contributed by atoms with E-state index in [2.05, 4.69) is 4.43 Å². The molecule has 0 aromatic carbocycles. The Bertz CT molecular complexity index is 152. The first-order chi connectivity index (χ1) is 5.45. The molecule has 1 amide bonds. The first-order valence-corrected chi connectivity index (χ1v) is 5.05. The van der Waals surface area contributed by atoms with Crippen LogP contribution < -0.4 is 0 Å². The second-order valence-corrected chi connectivity index (χ2v) is 4.49. The van der Waals surface area contributed by atoms with Crippen molar-refractivity contribution in [1.29, 1.82) is 0 Å². The van der Waals surface area contributed by atoms with Gasteiger partial charge in [-0.05, 0) is 6.92 Å². The minimum atomic E-state index is -1.71. The first kappa shape index (κ1) is 11.6. The van der Waals surface area contributed by atoms with Crippen molar-refractivity contribution in [3.63, 3.8) is 0 Å². The molecule has 12 heavy (non-hydrogen) atoms. The maximum absolute atomic E-state index is 10.8. The van der Waals surface area contributed by atoms with E-state index in [1.54, 1.807) is 7.05 Å². The Morgan fingerprint density at radius 3 is 2.42 bits per heavy atom. The number of amides is 1. The van der Waals surface area contributed by atoms with E-state index in [4.69, 9.17) is 10.2 Å². The summed E-state index contributed by atoms with van der Waals surface area (Å²) in [6, 6.07) is 0. The molecule has 5 nitrogen and oxygen atoms in total. The molecule has 0 fully saturated rings. The summed E-state index contributed by atoms with van der Waals surface area (Å²) in [5, 5.41) is 16.8. The van der Waals surface area contributed by atoms with Crippen LogP contribution in [0.3, 0.4) is 0 Å². The molecule has 0 aromatic rings. The summed E-state index contributed by atoms with van der Waals surface area (Å²) in [5.41, 5.74) is -0.0238. The quantitative estimate of drug-likeness (QED) is 0.407. The number of rotatable bonds is 4. The molecule has 0 spiro atoms. The Labute approximate surface area is 73.9 Å². The smallest absolute Gasteiger partial charge is 0.256 e. The minimum absolute atomic E-state index is 0.0238. The summed E-state index contributed by atoms with van der Waals surface area (Å²) in [4.78, 5) is 12.3. The summed E-state index contributed by atoms with van der Waals surface area (Å²) < 4.78 is 4.63. The van der Waals surface area contributed by atoms with Gasteiger partial charge in [-0.2, -0.15) is 0 Å². The van der Waals surface area contributed by atoms with Gasteiger partial charge >= 0.3 is 0 Å². The van der Waals surface area contributed by atoms with Crippen LogP contribution in [0.4, 0.5) is 0 Å². The van der Waals surface area contributed by atoms with Gasteiger partial charge in [-0.15, -0.1) is 0 Å². The van der Waals surface area contributed by atoms with Crippen LogP contribution in [0.2, 0.25) is 0 Å². The van der Waals surface area contributed by atoms with Gasteiger partial charge in [0, 0.05) is 19.6 Å². The van der Waals surface area contributed by atoms with E-state index < -0.39 is 16.2 Å². The van der Waals surface area contributed by atoms with Crippen molar-refractivity contribution in [2.45, 2.75) is 26.0 Å². The van der Waals surface area contributed by atoms with Gasteiger partial charge in [0.05, 0.1) is 0 Å². The Hall–Kier alpha value is -0.433. The van der Waals surface area contributed by atoms with Crippen molar-refractivity contribution in [2.24, 2.45) is 0 Å². The number of hydrogen-bond acceptors (Lipinski definition) is 4. The maximum atomic E-state index is 10.8. The molecule has 0 radical (unpaired) electrons. The van der Waals surface area contributed by atoms with Crippen LogP contribution in [0, 0.1) is 0 Å². The van der Waals surface area contributed by atoms with Gasteiger partial charge in [0.15, 0.2) is 9.76 Å². The summed E-state index contributed by atoms with van der Waals surface area (Å²) in [5.74, 6) is -0.0500. The van der Waals surface area contributed by atoms with E-state index in [0.717, 1.165) is 0 Å². The predicted octanol–water partition coefficient (Wildman–Crippen LogP) is -1.82. The summed E-state index contributed by atoms with van der Waals surface area (Å²) in [7, 11) is 0.563. The molecule has 0 rings (SSSR count). The summed E-state index contributed by atoms with van der Waals surface area (Å²) in [6.45, 7) is 1.57. The molecular formula is C6H15NO4Si. The van der Waals surface area contributed by atoms with Crippen molar-refractivity contribution in [2.75, 3.05) is 7.05 Å². The largest absolute Gasteiger partial charge is 0.377 e. The van der Waals surface area contributed by atoms with E-state index in [9.17, 15) is 4.79 Å². The lowest BCUT2D eigenvalue weighted by molar-refractivity contribution is -0.181. The fraction of sp³-hybridized carbons (Fsp3) is 0.833. The number of hydrogen-bond donors (Lipinski definition) is 2. The Morgan fingerprint density at radius 2 is 2.08 bits per heavy atom. The average Bonchev–Trinajstić information content (AvgIpc) is 1.98. The van der Waals surface area contributed by atoms with Gasteiger partial charge in [0.1, 0.15) is 0 Å². The van der Waals surface area contributed by atoms with Crippen molar-refractivity contribution >= 4 is 15.7 Å². The minimum Gasteiger partial charge on any atom is -0.377 e. The molecule has 2 N–H and O–H groups in total. The van der Waals surface area contributed by atoms with Gasteiger partial charge in [-0.3, -0.25) is 4.79 Å². The van der Waals surface area contributed by atoms with E-state index in [1.807, 2.05) is 6.92 Å². The molecule has 0 aromatic heterocycles. The lowest BCUT2D eigenvalue weighted by Gasteiger charge is -2.23. The van der Waals surface area contributed by atoms with E-state index in [-0.39, 0.29) is 11.6 Å². The average molecular weight is 193 g/mol. The Morgan fingerprint density at radius 1 is 1.58 bits per heavy atom. The van der Waals surface area contributed by atoms with Gasteiger partial charge in [0.2, 0.25) is 5.91 Å². The highest BCUT2D eigenvalue weighted by atomic mass is 28.2. The number of nitrogens with zero attached hydrogens (tertiary/aromatic N) is 1. The van der Waals surface area contributed by atoms with Gasteiger partial charge in [0.25, 0.3) is 6.48 Å². The highest BCUT2D eigenvalue weighted by Gasteiger charge is 2.13. The fourth-order valence-electron chi connectivity index (χ4n) is 0.647. The molecule has 0 aliphatic carbocycles. The molecule has 0 heterocycles. The zero-order valence-corrected chi connectivity index (χ0v) is 8.93. The fourth-order valence-corrected chi connectivity index (χ4v) is 1.58. The normalized spacial score (nSPS) is 14.2. The van der Waals surface area contributed by atoms with Crippen molar-refractivity contribution in [1.82, 2.24) is 4.90 Å². The van der Waals surface area contributed by atoms with Crippen LogP contribution in [-0.2, 0) is 9.22 Å². The third kappa shape index (κ3) is 4.45. The Kier molecular flexibility index (Phi) is 5.06. The number of aliphatic hydroxyl groups is 2. The predicted molar refractivity (Wildman–Crippen MR) is 45.8 cm³/mol. The second-order valence-electron chi connectivity index (χ2n) is 2.64. The molecule has 6 heteroatoms. The molecule has 0 aliphatic rings. The van der Waals surface area contributed by atoms with Gasteiger partial charge in [-0.25, -0.2) is 0 Å². The molecule has 0 saturated heterocycles. The molecule has 72 valence electrons. The molecular weight excluding hydrogens is 178 g/mol. The molecule has 0 saturated carbocycles. The van der Waals surface area contributed by atoms with E-state index in [0.29, 0.717) is 0 Å².